The molecule has 0 bridgehead atoms. The molecule has 0 radical (unpaired) electrons. The maximum atomic E-state index is 12.1. The summed E-state index contributed by atoms with van der Waals surface area (Å²) < 4.78 is 5.31. The van der Waals surface area contributed by atoms with E-state index in [1.807, 2.05) is 24.3 Å². The van der Waals surface area contributed by atoms with Crippen LogP contribution in [-0.4, -0.2) is 17.4 Å². The number of nitrogens with one attached hydrogen (secondary N) is 1. The molecule has 1 aromatic carbocycles. The molecule has 1 amide bonds. The van der Waals surface area contributed by atoms with Gasteiger partial charge in [-0.3, -0.25) is 4.79 Å². The Labute approximate surface area is 141 Å². The summed E-state index contributed by atoms with van der Waals surface area (Å²) in [7, 11) is 0. The van der Waals surface area contributed by atoms with Crippen molar-refractivity contribution in [2.75, 3.05) is 6.54 Å². The van der Waals surface area contributed by atoms with Gasteiger partial charge < -0.3 is 15.5 Å². The van der Waals surface area contributed by atoms with Gasteiger partial charge in [-0.05, 0) is 30.5 Å². The number of rotatable bonds is 8. The Balaban J connectivity index is 1.83. The van der Waals surface area contributed by atoms with Crippen LogP contribution in [0.1, 0.15) is 54.2 Å². The van der Waals surface area contributed by atoms with Gasteiger partial charge in [0.15, 0.2) is 5.69 Å². The Morgan fingerprint density at radius 1 is 1.48 bits per heavy atom. The second kappa shape index (κ2) is 8.70. The van der Waals surface area contributed by atoms with E-state index < -0.39 is 0 Å². The van der Waals surface area contributed by atoms with Gasteiger partial charge in [-0.25, -0.2) is 4.98 Å². The fraction of sp³-hybridized carbons (Fsp3) is 0.412. The fourth-order valence-corrected chi connectivity index (χ4v) is 2.43. The smallest absolute Gasteiger partial charge is 0.273 e. The summed E-state index contributed by atoms with van der Waals surface area (Å²) in [6.45, 7) is 2.60. The van der Waals surface area contributed by atoms with Gasteiger partial charge in [-0.1, -0.05) is 43.5 Å². The molecule has 124 valence electrons. The molecular formula is C17H22ClN3O2. The number of unbranched alkanes of at least 4 members (excludes halogenated alkanes) is 1. The van der Waals surface area contributed by atoms with Gasteiger partial charge in [0, 0.05) is 11.6 Å². The van der Waals surface area contributed by atoms with Gasteiger partial charge in [0.1, 0.15) is 6.26 Å². The molecule has 23 heavy (non-hydrogen) atoms. The highest BCUT2D eigenvalue weighted by Crippen LogP contribution is 2.16. The van der Waals surface area contributed by atoms with Crippen LogP contribution in [0.25, 0.3) is 0 Å². The van der Waals surface area contributed by atoms with Crippen LogP contribution in [0, 0.1) is 0 Å². The number of carbonyl (C=O) groups is 1. The third-order valence-corrected chi connectivity index (χ3v) is 3.76. The molecule has 5 nitrogen and oxygen atoms in total. The number of carbonyl (C=O) groups excluding carboxylic acids is 1. The Hall–Kier alpha value is -1.85. The van der Waals surface area contributed by atoms with Gasteiger partial charge >= 0.3 is 0 Å². The summed E-state index contributed by atoms with van der Waals surface area (Å²) in [4.78, 5) is 16.2. The number of oxazole rings is 1. The zero-order valence-electron chi connectivity index (χ0n) is 13.2. The second-order valence-corrected chi connectivity index (χ2v) is 5.89. The Morgan fingerprint density at radius 2 is 2.30 bits per heavy atom. The quantitative estimate of drug-likeness (QED) is 0.773. The maximum absolute atomic E-state index is 12.1. The van der Waals surface area contributed by atoms with E-state index in [4.69, 9.17) is 21.8 Å². The Morgan fingerprint density at radius 3 is 3.04 bits per heavy atom. The van der Waals surface area contributed by atoms with Crippen LogP contribution in [0.2, 0.25) is 5.02 Å². The van der Waals surface area contributed by atoms with Gasteiger partial charge in [0.05, 0.1) is 6.04 Å². The van der Waals surface area contributed by atoms with E-state index in [1.165, 1.54) is 6.26 Å². The van der Waals surface area contributed by atoms with Gasteiger partial charge in [0.25, 0.3) is 5.91 Å². The monoisotopic (exact) mass is 335 g/mol. The van der Waals surface area contributed by atoms with Crippen molar-refractivity contribution >= 4 is 17.5 Å². The average Bonchev–Trinajstić information content (AvgIpc) is 3.03. The first kappa shape index (κ1) is 17.5. The number of hydrogen-bond acceptors (Lipinski definition) is 4. The zero-order chi connectivity index (χ0) is 16.7. The number of nitrogens with zero attached hydrogens (tertiary/aromatic N) is 1. The minimum absolute atomic E-state index is 0.260. The summed E-state index contributed by atoms with van der Waals surface area (Å²) in [5.74, 6) is 0.156. The maximum Gasteiger partial charge on any atom is 0.273 e. The molecule has 1 heterocycles. The summed E-state index contributed by atoms with van der Waals surface area (Å²) in [5, 5.41) is 3.51. The number of halogens is 1. The third kappa shape index (κ3) is 5.37. The van der Waals surface area contributed by atoms with Crippen molar-refractivity contribution in [3.05, 3.63) is 52.7 Å². The number of nitrogens with two attached hydrogens (primary N) is 1. The molecule has 2 rings (SSSR count). The van der Waals surface area contributed by atoms with Gasteiger partial charge in [-0.2, -0.15) is 0 Å². The van der Waals surface area contributed by atoms with Crippen molar-refractivity contribution in [1.82, 2.24) is 10.3 Å². The van der Waals surface area contributed by atoms with Crippen molar-refractivity contribution in [3.8, 4) is 0 Å². The first-order valence-electron chi connectivity index (χ1n) is 7.83. The summed E-state index contributed by atoms with van der Waals surface area (Å²) in [6.07, 6.45) is 4.92. The van der Waals surface area contributed by atoms with Gasteiger partial charge in [-0.15, -0.1) is 0 Å². The first-order valence-corrected chi connectivity index (χ1v) is 8.21. The minimum Gasteiger partial charge on any atom is -0.446 e. The zero-order valence-corrected chi connectivity index (χ0v) is 14.0. The summed E-state index contributed by atoms with van der Waals surface area (Å²) >= 11 is 5.93. The lowest BCUT2D eigenvalue weighted by atomic mass is 10.1. The molecule has 3 N–H and O–H groups in total. The van der Waals surface area contributed by atoms with Crippen LogP contribution in [0.5, 0.6) is 0 Å². The van der Waals surface area contributed by atoms with E-state index in [0.717, 1.165) is 24.8 Å². The molecule has 0 aliphatic rings. The largest absolute Gasteiger partial charge is 0.446 e. The lowest BCUT2D eigenvalue weighted by Gasteiger charge is -2.05. The predicted molar refractivity (Wildman–Crippen MR) is 90.4 cm³/mol. The van der Waals surface area contributed by atoms with E-state index in [1.54, 1.807) is 0 Å². The van der Waals surface area contributed by atoms with E-state index in [-0.39, 0.29) is 17.6 Å². The highest BCUT2D eigenvalue weighted by molar-refractivity contribution is 6.30. The first-order chi connectivity index (χ1) is 11.1. The van der Waals surface area contributed by atoms with Gasteiger partial charge in [0.2, 0.25) is 5.89 Å². The van der Waals surface area contributed by atoms with Crippen LogP contribution < -0.4 is 11.1 Å². The minimum atomic E-state index is -0.261. The summed E-state index contributed by atoms with van der Waals surface area (Å²) in [6, 6.07) is 7.31. The van der Waals surface area contributed by atoms with Crippen LogP contribution >= 0.6 is 11.6 Å². The van der Waals surface area contributed by atoms with Crippen LogP contribution in [0.3, 0.4) is 0 Å². The topological polar surface area (TPSA) is 81.1 Å². The van der Waals surface area contributed by atoms with E-state index in [0.29, 0.717) is 23.9 Å². The van der Waals surface area contributed by atoms with Crippen molar-refractivity contribution in [3.63, 3.8) is 0 Å². The molecule has 1 unspecified atom stereocenters. The highest BCUT2D eigenvalue weighted by Gasteiger charge is 2.16. The molecule has 0 saturated carbocycles. The fourth-order valence-electron chi connectivity index (χ4n) is 2.21. The number of benzene rings is 1. The molecule has 0 aliphatic carbocycles. The average molecular weight is 336 g/mol. The molecule has 0 spiro atoms. The number of amides is 1. The molecule has 1 atom stereocenters. The lowest BCUT2D eigenvalue weighted by molar-refractivity contribution is 0.0949. The van der Waals surface area contributed by atoms with Crippen molar-refractivity contribution < 1.29 is 9.21 Å². The lowest BCUT2D eigenvalue weighted by Crippen LogP contribution is -2.26. The molecule has 0 fully saturated rings. The molecular weight excluding hydrogens is 314 g/mol. The predicted octanol–water partition coefficient (Wildman–Crippen LogP) is 3.49. The van der Waals surface area contributed by atoms with E-state index in [2.05, 4.69) is 17.2 Å². The number of hydrogen-bond donors (Lipinski definition) is 2. The normalized spacial score (nSPS) is 12.1. The van der Waals surface area contributed by atoms with E-state index in [9.17, 15) is 4.79 Å². The number of aromatic nitrogens is 1. The molecule has 0 saturated heterocycles. The summed E-state index contributed by atoms with van der Waals surface area (Å²) in [5.41, 5.74) is 7.32. The molecule has 6 heteroatoms. The van der Waals surface area contributed by atoms with Crippen LogP contribution in [-0.2, 0) is 6.42 Å². The molecule has 2 aromatic rings. The van der Waals surface area contributed by atoms with Crippen molar-refractivity contribution in [1.29, 1.82) is 0 Å². The van der Waals surface area contributed by atoms with Crippen LogP contribution in [0.4, 0.5) is 0 Å². The SMILES string of the molecule is CCCCC(N)c1nc(C(=O)NCCc2cccc(Cl)c2)co1. The Bertz CT molecular complexity index is 642. The van der Waals surface area contributed by atoms with Crippen molar-refractivity contribution in [2.24, 2.45) is 5.73 Å². The molecule has 1 aromatic heterocycles. The highest BCUT2D eigenvalue weighted by atomic mass is 35.5. The van der Waals surface area contributed by atoms with Crippen LogP contribution in [0.15, 0.2) is 34.9 Å². The Kier molecular flexibility index (Phi) is 6.62. The third-order valence-electron chi connectivity index (χ3n) is 3.53. The second-order valence-electron chi connectivity index (χ2n) is 5.46. The van der Waals surface area contributed by atoms with E-state index >= 15 is 0 Å². The standard InChI is InChI=1S/C17H22ClN3O2/c1-2-3-7-14(19)17-21-15(11-23-17)16(22)20-9-8-12-5-4-6-13(18)10-12/h4-6,10-11,14H,2-3,7-9,19H2,1H3,(H,20,22). The molecule has 0 aliphatic heterocycles. The van der Waals surface area contributed by atoms with Crippen molar-refractivity contribution in [2.45, 2.75) is 38.6 Å².